The predicted octanol–water partition coefficient (Wildman–Crippen LogP) is 3.08. The lowest BCUT2D eigenvalue weighted by Crippen LogP contribution is -2.32. The summed E-state index contributed by atoms with van der Waals surface area (Å²) >= 11 is 0. The molecule has 0 aromatic heterocycles. The third-order valence-corrected chi connectivity index (χ3v) is 5.18. The fraction of sp³-hybridized carbons (Fsp3) is 0.826. The molecule has 2 aliphatic rings. The monoisotopic (exact) mass is 411 g/mol. The maximum Gasteiger partial charge on any atom is 0.0701 e. The van der Waals surface area contributed by atoms with Crippen LogP contribution in [0.5, 0.6) is 0 Å². The Hall–Kier alpha value is -0.760. The zero-order valence-electron chi connectivity index (χ0n) is 18.1. The molecule has 168 valence electrons. The van der Waals surface area contributed by atoms with E-state index < -0.39 is 0 Å². The van der Waals surface area contributed by atoms with Gasteiger partial charge in [0.15, 0.2) is 0 Å². The summed E-state index contributed by atoms with van der Waals surface area (Å²) in [6.07, 6.45) is 15.4. The normalized spacial score (nSPS) is 22.5. The Bertz CT molecular complexity index is 399. The van der Waals surface area contributed by atoms with Crippen LogP contribution >= 0.6 is 0 Å². The van der Waals surface area contributed by atoms with Gasteiger partial charge in [-0.25, -0.2) is 0 Å². The quantitative estimate of drug-likeness (QED) is 0.600. The van der Waals surface area contributed by atoms with E-state index in [2.05, 4.69) is 29.2 Å². The molecular weight excluding hydrogens is 370 g/mol. The molecule has 0 saturated carbocycles. The van der Waals surface area contributed by atoms with Gasteiger partial charge >= 0.3 is 0 Å². The summed E-state index contributed by atoms with van der Waals surface area (Å²) in [5.74, 6) is 0.676. The van der Waals surface area contributed by atoms with E-state index in [4.69, 9.17) is 23.7 Å². The van der Waals surface area contributed by atoms with Gasteiger partial charge in [-0.1, -0.05) is 43.6 Å². The lowest BCUT2D eigenvalue weighted by Gasteiger charge is -2.22. The van der Waals surface area contributed by atoms with Crippen molar-refractivity contribution in [2.24, 2.45) is 5.92 Å². The first-order valence-corrected chi connectivity index (χ1v) is 11.4. The largest absolute Gasteiger partial charge is 0.378 e. The van der Waals surface area contributed by atoms with Gasteiger partial charge in [0.2, 0.25) is 0 Å². The van der Waals surface area contributed by atoms with E-state index >= 15 is 0 Å². The highest BCUT2D eigenvalue weighted by Crippen LogP contribution is 2.17. The Balaban J connectivity index is 1.56. The third kappa shape index (κ3) is 14.0. The fourth-order valence-corrected chi connectivity index (χ4v) is 3.44. The molecule has 1 saturated heterocycles. The molecule has 0 unspecified atom stereocenters. The van der Waals surface area contributed by atoms with Crippen LogP contribution in [0.4, 0.5) is 0 Å². The molecule has 2 rings (SSSR count). The maximum absolute atomic E-state index is 5.73. The molecule has 29 heavy (non-hydrogen) atoms. The van der Waals surface area contributed by atoms with Crippen molar-refractivity contribution in [3.8, 4) is 0 Å². The van der Waals surface area contributed by atoms with Gasteiger partial charge in [0.1, 0.15) is 0 Å². The average Bonchev–Trinajstić information content (AvgIpc) is 3.25. The highest BCUT2D eigenvalue weighted by atomic mass is 16.6. The van der Waals surface area contributed by atoms with Crippen LogP contribution in [0.1, 0.15) is 32.1 Å². The van der Waals surface area contributed by atoms with Crippen LogP contribution in [-0.2, 0) is 23.7 Å². The standard InChI is InChI=1S/C23H41NO5/c1(3-7-23-8-4-5-9-23)2-6-10-24-11-13-25-15-17-27-19-21-29-22-20-28-18-16-26-14-12-24/h4-5,8-9,23H,1-3,6-7,10-22H2. The lowest BCUT2D eigenvalue weighted by molar-refractivity contribution is -0.0186. The number of rotatable bonds is 7. The summed E-state index contributed by atoms with van der Waals surface area (Å²) in [4.78, 5) is 2.46. The second-order valence-corrected chi connectivity index (χ2v) is 7.54. The van der Waals surface area contributed by atoms with Crippen LogP contribution in [-0.4, -0.2) is 90.6 Å². The van der Waals surface area contributed by atoms with Crippen molar-refractivity contribution in [3.05, 3.63) is 24.3 Å². The van der Waals surface area contributed by atoms with Gasteiger partial charge in [-0.2, -0.15) is 0 Å². The summed E-state index contributed by atoms with van der Waals surface area (Å²) in [6, 6.07) is 0. The molecule has 0 amide bonds. The van der Waals surface area contributed by atoms with Crippen LogP contribution in [0.15, 0.2) is 24.3 Å². The molecule has 0 radical (unpaired) electrons. The molecule has 1 aliphatic carbocycles. The van der Waals surface area contributed by atoms with Gasteiger partial charge in [-0.05, 0) is 25.3 Å². The second kappa shape index (κ2) is 18.0. The van der Waals surface area contributed by atoms with E-state index in [-0.39, 0.29) is 0 Å². The van der Waals surface area contributed by atoms with Gasteiger partial charge in [-0.15, -0.1) is 0 Å². The summed E-state index contributed by atoms with van der Waals surface area (Å²) < 4.78 is 27.9. The van der Waals surface area contributed by atoms with Crippen molar-refractivity contribution in [2.45, 2.75) is 32.1 Å². The SMILES string of the molecule is C1=CC(CCCCCCN2CCOCCOCCOCCOCCOCC2)C=C1. The van der Waals surface area contributed by atoms with E-state index in [9.17, 15) is 0 Å². The lowest BCUT2D eigenvalue weighted by atomic mass is 10.0. The molecule has 0 aromatic carbocycles. The topological polar surface area (TPSA) is 49.4 Å². The van der Waals surface area contributed by atoms with Gasteiger partial charge < -0.3 is 23.7 Å². The molecule has 6 heteroatoms. The van der Waals surface area contributed by atoms with Crippen LogP contribution in [0, 0.1) is 5.92 Å². The highest BCUT2D eigenvalue weighted by Gasteiger charge is 2.07. The Labute approximate surface area is 177 Å². The number of ether oxygens (including phenoxy) is 5. The summed E-state index contributed by atoms with van der Waals surface area (Å²) in [5, 5.41) is 0. The molecule has 1 aliphatic heterocycles. The first kappa shape index (κ1) is 24.5. The molecule has 1 fully saturated rings. The Morgan fingerprint density at radius 2 is 1.00 bits per heavy atom. The zero-order chi connectivity index (χ0) is 20.2. The van der Waals surface area contributed by atoms with E-state index in [0.29, 0.717) is 58.8 Å². The minimum Gasteiger partial charge on any atom is -0.378 e. The summed E-state index contributed by atoms with van der Waals surface area (Å²) in [7, 11) is 0. The average molecular weight is 412 g/mol. The van der Waals surface area contributed by atoms with Crippen molar-refractivity contribution in [3.63, 3.8) is 0 Å². The van der Waals surface area contributed by atoms with E-state index in [1.807, 2.05) is 0 Å². The maximum atomic E-state index is 5.73. The highest BCUT2D eigenvalue weighted by molar-refractivity contribution is 5.17. The zero-order valence-corrected chi connectivity index (χ0v) is 18.1. The van der Waals surface area contributed by atoms with Crippen LogP contribution in [0.25, 0.3) is 0 Å². The van der Waals surface area contributed by atoms with Crippen LogP contribution < -0.4 is 0 Å². The summed E-state index contributed by atoms with van der Waals surface area (Å²) in [6.45, 7) is 9.40. The molecule has 0 atom stereocenters. The van der Waals surface area contributed by atoms with E-state index in [1.165, 1.54) is 32.1 Å². The number of allylic oxidation sites excluding steroid dienone is 4. The molecule has 0 bridgehead atoms. The van der Waals surface area contributed by atoms with Gasteiger partial charge in [-0.3, -0.25) is 4.90 Å². The third-order valence-electron chi connectivity index (χ3n) is 5.18. The van der Waals surface area contributed by atoms with Crippen LogP contribution in [0.3, 0.4) is 0 Å². The summed E-state index contributed by atoms with van der Waals surface area (Å²) in [5.41, 5.74) is 0. The van der Waals surface area contributed by atoms with Crippen molar-refractivity contribution >= 4 is 0 Å². The Morgan fingerprint density at radius 1 is 0.552 bits per heavy atom. The van der Waals surface area contributed by atoms with Crippen molar-refractivity contribution < 1.29 is 23.7 Å². The van der Waals surface area contributed by atoms with Crippen molar-refractivity contribution in [1.29, 1.82) is 0 Å². The van der Waals surface area contributed by atoms with Gasteiger partial charge in [0.25, 0.3) is 0 Å². The van der Waals surface area contributed by atoms with E-state index in [0.717, 1.165) is 32.8 Å². The minimum atomic E-state index is 0.599. The van der Waals surface area contributed by atoms with Gasteiger partial charge in [0, 0.05) is 13.1 Å². The molecule has 0 aromatic rings. The smallest absolute Gasteiger partial charge is 0.0701 e. The minimum absolute atomic E-state index is 0.599. The first-order valence-electron chi connectivity index (χ1n) is 11.4. The van der Waals surface area contributed by atoms with Crippen LogP contribution in [0.2, 0.25) is 0 Å². The number of hydrogen-bond acceptors (Lipinski definition) is 6. The van der Waals surface area contributed by atoms with Crippen molar-refractivity contribution in [2.75, 3.05) is 85.7 Å². The van der Waals surface area contributed by atoms with E-state index in [1.54, 1.807) is 0 Å². The molecule has 6 nitrogen and oxygen atoms in total. The fourth-order valence-electron chi connectivity index (χ4n) is 3.44. The predicted molar refractivity (Wildman–Crippen MR) is 115 cm³/mol. The van der Waals surface area contributed by atoms with Crippen molar-refractivity contribution in [1.82, 2.24) is 4.90 Å². The van der Waals surface area contributed by atoms with Gasteiger partial charge in [0.05, 0.1) is 66.1 Å². The molecule has 1 heterocycles. The Kier molecular flexibility index (Phi) is 15.3. The Morgan fingerprint density at radius 3 is 1.52 bits per heavy atom. The number of hydrogen-bond donors (Lipinski definition) is 0. The number of nitrogens with zero attached hydrogens (tertiary/aromatic N) is 1. The first-order chi connectivity index (χ1) is 14.4. The number of unbranched alkanes of at least 4 members (excludes halogenated alkanes) is 3. The second-order valence-electron chi connectivity index (χ2n) is 7.54. The molecule has 0 N–H and O–H groups in total. The molecular formula is C23H41NO5. The molecule has 0 spiro atoms.